The number of benzene rings is 1. The Balaban J connectivity index is 1.90. The minimum Gasteiger partial charge on any atom is -0.491 e. The second kappa shape index (κ2) is 7.56. The first-order chi connectivity index (χ1) is 9.70. The molecule has 1 fully saturated rings. The molecule has 1 aromatic rings. The average molecular weight is 275 g/mol. The number of para-hydroxylation sites is 2. The second-order valence-corrected chi connectivity index (χ2v) is 6.34. The summed E-state index contributed by atoms with van der Waals surface area (Å²) >= 11 is 0. The van der Waals surface area contributed by atoms with Gasteiger partial charge in [0.2, 0.25) is 0 Å². The molecule has 0 unspecified atom stereocenters. The van der Waals surface area contributed by atoms with Crippen LogP contribution in [0.5, 0.6) is 5.75 Å². The third-order valence-electron chi connectivity index (χ3n) is 4.42. The van der Waals surface area contributed by atoms with Gasteiger partial charge >= 0.3 is 0 Å². The molecule has 1 saturated carbocycles. The van der Waals surface area contributed by atoms with E-state index < -0.39 is 0 Å². The van der Waals surface area contributed by atoms with Crippen LogP contribution in [0.15, 0.2) is 24.3 Å². The van der Waals surface area contributed by atoms with Crippen molar-refractivity contribution in [2.75, 3.05) is 11.9 Å². The van der Waals surface area contributed by atoms with Gasteiger partial charge in [-0.05, 0) is 56.1 Å². The molecule has 1 aliphatic carbocycles. The van der Waals surface area contributed by atoms with Gasteiger partial charge in [0.1, 0.15) is 5.75 Å². The molecule has 0 aliphatic heterocycles. The molecule has 1 aromatic carbocycles. The Bertz CT molecular complexity index is 394. The maximum atomic E-state index is 5.82. The molecule has 2 nitrogen and oxygen atoms in total. The van der Waals surface area contributed by atoms with Gasteiger partial charge in [-0.1, -0.05) is 32.9 Å². The zero-order chi connectivity index (χ0) is 14.4. The van der Waals surface area contributed by atoms with Crippen LogP contribution in [0.25, 0.3) is 0 Å². The highest BCUT2D eigenvalue weighted by Crippen LogP contribution is 2.33. The van der Waals surface area contributed by atoms with E-state index in [0.29, 0.717) is 6.04 Å². The van der Waals surface area contributed by atoms with E-state index in [0.717, 1.165) is 36.3 Å². The van der Waals surface area contributed by atoms with Crippen LogP contribution >= 0.6 is 0 Å². The van der Waals surface area contributed by atoms with E-state index in [1.54, 1.807) is 0 Å². The molecule has 0 spiro atoms. The van der Waals surface area contributed by atoms with E-state index >= 15 is 0 Å². The molecule has 1 N–H and O–H groups in total. The van der Waals surface area contributed by atoms with E-state index in [1.165, 1.54) is 25.7 Å². The summed E-state index contributed by atoms with van der Waals surface area (Å²) in [7, 11) is 0. The van der Waals surface area contributed by atoms with Crippen LogP contribution < -0.4 is 10.1 Å². The zero-order valence-corrected chi connectivity index (χ0v) is 13.2. The highest BCUT2D eigenvalue weighted by Gasteiger charge is 2.23. The largest absolute Gasteiger partial charge is 0.491 e. The van der Waals surface area contributed by atoms with Crippen LogP contribution in [-0.2, 0) is 0 Å². The van der Waals surface area contributed by atoms with E-state index in [1.807, 2.05) is 6.07 Å². The molecule has 0 amide bonds. The van der Waals surface area contributed by atoms with Crippen molar-refractivity contribution in [3.63, 3.8) is 0 Å². The number of nitrogens with one attached hydrogen (secondary N) is 1. The maximum Gasteiger partial charge on any atom is 0.142 e. The van der Waals surface area contributed by atoms with Crippen molar-refractivity contribution in [2.24, 2.45) is 11.8 Å². The summed E-state index contributed by atoms with van der Waals surface area (Å²) in [6, 6.07) is 8.95. The summed E-state index contributed by atoms with van der Waals surface area (Å²) in [6.45, 7) is 7.64. The summed E-state index contributed by atoms with van der Waals surface area (Å²) in [4.78, 5) is 0. The third-order valence-corrected chi connectivity index (χ3v) is 4.42. The van der Waals surface area contributed by atoms with Crippen molar-refractivity contribution in [3.8, 4) is 5.75 Å². The van der Waals surface area contributed by atoms with Gasteiger partial charge in [-0.15, -0.1) is 0 Å². The van der Waals surface area contributed by atoms with E-state index in [-0.39, 0.29) is 0 Å². The summed E-state index contributed by atoms with van der Waals surface area (Å²) in [5, 5.41) is 3.69. The first kappa shape index (κ1) is 15.2. The Labute approximate surface area is 123 Å². The Kier molecular flexibility index (Phi) is 5.75. The Morgan fingerprint density at radius 2 is 1.85 bits per heavy atom. The lowest BCUT2D eigenvalue weighted by atomic mass is 9.79. The molecular weight excluding hydrogens is 246 g/mol. The standard InChI is InChI=1S/C18H29NO/c1-4-13-20-18-8-6-5-7-17(18)19-16-11-9-15(10-12-16)14(2)3/h5-8,14-16,19H,4,9-13H2,1-3H3. The summed E-state index contributed by atoms with van der Waals surface area (Å²) < 4.78 is 5.82. The van der Waals surface area contributed by atoms with E-state index in [9.17, 15) is 0 Å². The van der Waals surface area contributed by atoms with E-state index in [2.05, 4.69) is 44.3 Å². The molecule has 2 heteroatoms. The van der Waals surface area contributed by atoms with E-state index in [4.69, 9.17) is 4.74 Å². The van der Waals surface area contributed by atoms with Gasteiger partial charge in [-0.2, -0.15) is 0 Å². The fourth-order valence-corrected chi connectivity index (χ4v) is 3.07. The number of anilines is 1. The van der Waals surface area contributed by atoms with Crippen molar-refractivity contribution in [1.29, 1.82) is 0 Å². The Hall–Kier alpha value is -1.18. The first-order valence-electron chi connectivity index (χ1n) is 8.19. The quantitative estimate of drug-likeness (QED) is 0.779. The van der Waals surface area contributed by atoms with Crippen LogP contribution in [0.4, 0.5) is 5.69 Å². The van der Waals surface area contributed by atoms with Gasteiger partial charge in [0.25, 0.3) is 0 Å². The molecule has 0 saturated heterocycles. The highest BCUT2D eigenvalue weighted by atomic mass is 16.5. The predicted molar refractivity (Wildman–Crippen MR) is 86.4 cm³/mol. The van der Waals surface area contributed by atoms with Crippen LogP contribution in [0.2, 0.25) is 0 Å². The summed E-state index contributed by atoms with van der Waals surface area (Å²) in [6.07, 6.45) is 6.32. The lowest BCUT2D eigenvalue weighted by Gasteiger charge is -2.32. The van der Waals surface area contributed by atoms with Gasteiger partial charge in [-0.3, -0.25) is 0 Å². The highest BCUT2D eigenvalue weighted by molar-refractivity contribution is 5.56. The summed E-state index contributed by atoms with van der Waals surface area (Å²) in [5.74, 6) is 2.75. The first-order valence-corrected chi connectivity index (χ1v) is 8.19. The van der Waals surface area contributed by atoms with Gasteiger partial charge < -0.3 is 10.1 Å². The molecular formula is C18H29NO. The van der Waals surface area contributed by atoms with Gasteiger partial charge in [0.05, 0.1) is 12.3 Å². The molecule has 0 bridgehead atoms. The minimum absolute atomic E-state index is 0.608. The topological polar surface area (TPSA) is 21.3 Å². The molecule has 2 rings (SSSR count). The monoisotopic (exact) mass is 275 g/mol. The lowest BCUT2D eigenvalue weighted by Crippen LogP contribution is -2.28. The zero-order valence-electron chi connectivity index (χ0n) is 13.2. The van der Waals surface area contributed by atoms with Gasteiger partial charge in [0, 0.05) is 6.04 Å². The lowest BCUT2D eigenvalue weighted by molar-refractivity contribution is 0.266. The van der Waals surface area contributed by atoms with Crippen molar-refractivity contribution in [2.45, 2.75) is 58.9 Å². The second-order valence-electron chi connectivity index (χ2n) is 6.34. The third kappa shape index (κ3) is 4.16. The molecule has 20 heavy (non-hydrogen) atoms. The normalized spacial score (nSPS) is 22.8. The number of rotatable bonds is 6. The van der Waals surface area contributed by atoms with Crippen molar-refractivity contribution < 1.29 is 4.74 Å². The van der Waals surface area contributed by atoms with Crippen LogP contribution in [0.1, 0.15) is 52.9 Å². The smallest absolute Gasteiger partial charge is 0.142 e. The van der Waals surface area contributed by atoms with Crippen LogP contribution in [0, 0.1) is 11.8 Å². The minimum atomic E-state index is 0.608. The Morgan fingerprint density at radius 3 is 2.50 bits per heavy atom. The average Bonchev–Trinajstić information content (AvgIpc) is 2.47. The van der Waals surface area contributed by atoms with Crippen LogP contribution in [-0.4, -0.2) is 12.6 Å². The number of hydrogen-bond acceptors (Lipinski definition) is 2. The Morgan fingerprint density at radius 1 is 1.15 bits per heavy atom. The maximum absolute atomic E-state index is 5.82. The summed E-state index contributed by atoms with van der Waals surface area (Å²) in [5.41, 5.74) is 1.16. The van der Waals surface area contributed by atoms with Gasteiger partial charge in [0.15, 0.2) is 0 Å². The van der Waals surface area contributed by atoms with Crippen LogP contribution in [0.3, 0.4) is 0 Å². The molecule has 112 valence electrons. The molecule has 0 radical (unpaired) electrons. The molecule has 0 aromatic heterocycles. The fourth-order valence-electron chi connectivity index (χ4n) is 3.07. The molecule has 0 atom stereocenters. The fraction of sp³-hybridized carbons (Fsp3) is 0.667. The predicted octanol–water partition coefficient (Wildman–Crippen LogP) is 5.10. The molecule has 1 aliphatic rings. The molecule has 0 heterocycles. The number of hydrogen-bond donors (Lipinski definition) is 1. The van der Waals surface area contributed by atoms with Crippen molar-refractivity contribution >= 4 is 5.69 Å². The van der Waals surface area contributed by atoms with Crippen molar-refractivity contribution in [1.82, 2.24) is 0 Å². The van der Waals surface area contributed by atoms with Crippen molar-refractivity contribution in [3.05, 3.63) is 24.3 Å². The SMILES string of the molecule is CCCOc1ccccc1NC1CCC(C(C)C)CC1. The van der Waals surface area contributed by atoms with Gasteiger partial charge in [-0.25, -0.2) is 0 Å². The number of ether oxygens (including phenoxy) is 1.